The Morgan fingerprint density at radius 1 is 0.889 bits per heavy atom. The largest absolute Gasteiger partial charge is 0.460 e. The SMILES string of the molecule is Cc1cc(C)nc(Oc2ccc3c(=O)c(-c4ccccc4)c(C)oc3c2)n1. The molecule has 0 saturated heterocycles. The number of fused-ring (bicyclic) bond motifs is 1. The van der Waals surface area contributed by atoms with Crippen LogP contribution in [0.1, 0.15) is 17.1 Å². The number of rotatable bonds is 3. The van der Waals surface area contributed by atoms with Crippen molar-refractivity contribution in [2.24, 2.45) is 0 Å². The van der Waals surface area contributed by atoms with Crippen molar-refractivity contribution in [1.82, 2.24) is 9.97 Å². The Balaban J connectivity index is 1.79. The summed E-state index contributed by atoms with van der Waals surface area (Å²) in [6.07, 6.45) is 0. The molecule has 0 atom stereocenters. The van der Waals surface area contributed by atoms with Crippen molar-refractivity contribution >= 4 is 11.0 Å². The highest BCUT2D eigenvalue weighted by Crippen LogP contribution is 2.27. The zero-order valence-electron chi connectivity index (χ0n) is 15.3. The zero-order valence-corrected chi connectivity index (χ0v) is 15.3. The van der Waals surface area contributed by atoms with Crippen molar-refractivity contribution in [3.8, 4) is 22.9 Å². The Hall–Kier alpha value is -3.47. The van der Waals surface area contributed by atoms with Gasteiger partial charge in [0.05, 0.1) is 10.9 Å². The van der Waals surface area contributed by atoms with E-state index in [-0.39, 0.29) is 11.4 Å². The number of benzene rings is 2. The molecule has 0 radical (unpaired) electrons. The predicted octanol–water partition coefficient (Wildman–Crippen LogP) is 4.97. The molecule has 0 amide bonds. The smallest absolute Gasteiger partial charge is 0.322 e. The fraction of sp³-hybridized carbons (Fsp3) is 0.136. The second kappa shape index (κ2) is 6.68. The van der Waals surface area contributed by atoms with Gasteiger partial charge in [-0.1, -0.05) is 30.3 Å². The highest BCUT2D eigenvalue weighted by molar-refractivity contribution is 5.83. The van der Waals surface area contributed by atoms with Crippen LogP contribution in [-0.2, 0) is 0 Å². The third-order valence-corrected chi connectivity index (χ3v) is 4.27. The highest BCUT2D eigenvalue weighted by Gasteiger charge is 2.14. The molecular weight excluding hydrogens is 340 g/mol. The van der Waals surface area contributed by atoms with E-state index in [1.54, 1.807) is 25.1 Å². The van der Waals surface area contributed by atoms with Crippen LogP contribution in [0.15, 0.2) is 63.8 Å². The number of hydrogen-bond donors (Lipinski definition) is 0. The number of hydrogen-bond acceptors (Lipinski definition) is 5. The van der Waals surface area contributed by atoms with Crippen LogP contribution in [-0.4, -0.2) is 9.97 Å². The molecule has 27 heavy (non-hydrogen) atoms. The van der Waals surface area contributed by atoms with Gasteiger partial charge < -0.3 is 9.15 Å². The fourth-order valence-corrected chi connectivity index (χ4v) is 3.13. The van der Waals surface area contributed by atoms with Crippen LogP contribution in [0.4, 0.5) is 0 Å². The van der Waals surface area contributed by atoms with E-state index in [2.05, 4.69) is 9.97 Å². The first-order chi connectivity index (χ1) is 13.0. The molecule has 4 aromatic rings. The minimum atomic E-state index is -0.0610. The lowest BCUT2D eigenvalue weighted by atomic mass is 10.0. The molecule has 0 aliphatic rings. The summed E-state index contributed by atoms with van der Waals surface area (Å²) in [6.45, 7) is 5.56. The minimum Gasteiger partial charge on any atom is -0.460 e. The zero-order chi connectivity index (χ0) is 19.0. The van der Waals surface area contributed by atoms with E-state index in [1.807, 2.05) is 50.2 Å². The lowest BCUT2D eigenvalue weighted by Crippen LogP contribution is -2.07. The number of ether oxygens (including phenoxy) is 1. The van der Waals surface area contributed by atoms with Crippen LogP contribution >= 0.6 is 0 Å². The molecule has 0 spiro atoms. The molecule has 0 bridgehead atoms. The van der Waals surface area contributed by atoms with E-state index < -0.39 is 0 Å². The van der Waals surface area contributed by atoms with Crippen LogP contribution in [0.3, 0.4) is 0 Å². The van der Waals surface area contributed by atoms with Crippen molar-refractivity contribution in [2.45, 2.75) is 20.8 Å². The maximum Gasteiger partial charge on any atom is 0.322 e. The molecular formula is C22H18N2O3. The quantitative estimate of drug-likeness (QED) is 0.517. The summed E-state index contributed by atoms with van der Waals surface area (Å²) in [7, 11) is 0. The first kappa shape index (κ1) is 17.0. The molecule has 0 saturated carbocycles. The van der Waals surface area contributed by atoms with Crippen molar-refractivity contribution in [3.05, 3.63) is 82.0 Å². The van der Waals surface area contributed by atoms with Gasteiger partial charge in [0, 0.05) is 17.5 Å². The molecule has 5 nitrogen and oxygen atoms in total. The van der Waals surface area contributed by atoms with Gasteiger partial charge in [0.1, 0.15) is 17.1 Å². The maximum atomic E-state index is 13.0. The van der Waals surface area contributed by atoms with Crippen LogP contribution in [0.25, 0.3) is 22.1 Å². The summed E-state index contributed by atoms with van der Waals surface area (Å²) < 4.78 is 11.7. The van der Waals surface area contributed by atoms with E-state index in [9.17, 15) is 4.79 Å². The van der Waals surface area contributed by atoms with E-state index in [0.29, 0.717) is 28.0 Å². The number of nitrogens with zero attached hydrogens (tertiary/aromatic N) is 2. The summed E-state index contributed by atoms with van der Waals surface area (Å²) in [6, 6.07) is 16.8. The van der Waals surface area contributed by atoms with Gasteiger partial charge in [0.2, 0.25) is 5.43 Å². The van der Waals surface area contributed by atoms with Crippen molar-refractivity contribution in [2.75, 3.05) is 0 Å². The van der Waals surface area contributed by atoms with E-state index in [4.69, 9.17) is 9.15 Å². The van der Waals surface area contributed by atoms with Gasteiger partial charge in [-0.3, -0.25) is 4.79 Å². The van der Waals surface area contributed by atoms with E-state index >= 15 is 0 Å². The third kappa shape index (κ3) is 3.31. The van der Waals surface area contributed by atoms with E-state index in [1.165, 1.54) is 0 Å². The van der Waals surface area contributed by atoms with Gasteiger partial charge in [-0.05, 0) is 44.5 Å². The average molecular weight is 358 g/mol. The second-order valence-electron chi connectivity index (χ2n) is 6.42. The van der Waals surface area contributed by atoms with Gasteiger partial charge in [-0.15, -0.1) is 0 Å². The highest BCUT2D eigenvalue weighted by atomic mass is 16.5. The molecule has 5 heteroatoms. The van der Waals surface area contributed by atoms with Gasteiger partial charge in [0.25, 0.3) is 0 Å². The van der Waals surface area contributed by atoms with Gasteiger partial charge in [0.15, 0.2) is 0 Å². The van der Waals surface area contributed by atoms with Crippen molar-refractivity contribution < 1.29 is 9.15 Å². The number of aromatic nitrogens is 2. The Bertz CT molecular complexity index is 1180. The number of aryl methyl sites for hydroxylation is 3. The molecule has 2 aromatic carbocycles. The summed E-state index contributed by atoms with van der Waals surface area (Å²) >= 11 is 0. The Kier molecular flexibility index (Phi) is 4.20. The van der Waals surface area contributed by atoms with Crippen LogP contribution in [0.2, 0.25) is 0 Å². The topological polar surface area (TPSA) is 65.2 Å². The van der Waals surface area contributed by atoms with Crippen molar-refractivity contribution in [3.63, 3.8) is 0 Å². The molecule has 0 N–H and O–H groups in total. The Morgan fingerprint density at radius 2 is 1.59 bits per heavy atom. The van der Waals surface area contributed by atoms with Crippen LogP contribution < -0.4 is 10.2 Å². The molecule has 0 fully saturated rings. The molecule has 0 unspecified atom stereocenters. The van der Waals surface area contributed by atoms with Crippen LogP contribution in [0.5, 0.6) is 11.8 Å². The maximum absolute atomic E-state index is 13.0. The van der Waals surface area contributed by atoms with Crippen molar-refractivity contribution in [1.29, 1.82) is 0 Å². The lowest BCUT2D eigenvalue weighted by Gasteiger charge is -2.09. The fourth-order valence-electron chi connectivity index (χ4n) is 3.13. The van der Waals surface area contributed by atoms with E-state index in [0.717, 1.165) is 17.0 Å². The summed E-state index contributed by atoms with van der Waals surface area (Å²) in [5.41, 5.74) is 3.48. The van der Waals surface area contributed by atoms with Gasteiger partial charge in [-0.25, -0.2) is 9.97 Å². The standard InChI is InChI=1S/C22H18N2O3/c1-13-11-14(2)24-22(23-13)27-17-9-10-18-19(12-17)26-15(3)20(21(18)25)16-7-5-4-6-8-16/h4-12H,1-3H3. The van der Waals surface area contributed by atoms with Crippen LogP contribution in [0, 0.1) is 20.8 Å². The second-order valence-corrected chi connectivity index (χ2v) is 6.42. The molecule has 4 rings (SSSR count). The monoisotopic (exact) mass is 358 g/mol. The summed E-state index contributed by atoms with van der Waals surface area (Å²) in [5.74, 6) is 1.08. The third-order valence-electron chi connectivity index (χ3n) is 4.27. The molecule has 2 heterocycles. The molecule has 0 aliphatic carbocycles. The summed E-state index contributed by atoms with van der Waals surface area (Å²) in [4.78, 5) is 21.5. The normalized spacial score (nSPS) is 10.9. The first-order valence-corrected chi connectivity index (χ1v) is 8.64. The van der Waals surface area contributed by atoms with Gasteiger partial charge in [-0.2, -0.15) is 0 Å². The summed E-state index contributed by atoms with van der Waals surface area (Å²) in [5, 5.41) is 0.508. The Labute approximate surface area is 156 Å². The first-order valence-electron chi connectivity index (χ1n) is 8.64. The molecule has 134 valence electrons. The predicted molar refractivity (Wildman–Crippen MR) is 104 cm³/mol. The molecule has 0 aliphatic heterocycles. The van der Waals surface area contributed by atoms with Gasteiger partial charge >= 0.3 is 6.01 Å². The average Bonchev–Trinajstić information content (AvgIpc) is 2.61. The Morgan fingerprint density at radius 3 is 2.30 bits per heavy atom. The minimum absolute atomic E-state index is 0.0610. The molecule has 2 aromatic heterocycles. The lowest BCUT2D eigenvalue weighted by molar-refractivity contribution is 0.438.